The van der Waals surface area contributed by atoms with Crippen LogP contribution in [0.25, 0.3) is 0 Å². The van der Waals surface area contributed by atoms with E-state index in [1.807, 2.05) is 18.7 Å². The van der Waals surface area contributed by atoms with E-state index in [1.165, 1.54) is 6.42 Å². The van der Waals surface area contributed by atoms with E-state index in [4.69, 9.17) is 0 Å². The largest absolute Gasteiger partial charge is 0.342 e. The van der Waals surface area contributed by atoms with Gasteiger partial charge in [0.1, 0.15) is 12.1 Å². The zero-order valence-corrected chi connectivity index (χ0v) is 12.5. The molecule has 1 N–H and O–H groups in total. The van der Waals surface area contributed by atoms with Crippen LogP contribution in [-0.4, -0.2) is 35.3 Å². The molecule has 4 nitrogen and oxygen atoms in total. The van der Waals surface area contributed by atoms with Crippen molar-refractivity contribution in [3.63, 3.8) is 0 Å². The van der Waals surface area contributed by atoms with Crippen molar-refractivity contribution in [2.75, 3.05) is 6.54 Å². The van der Waals surface area contributed by atoms with E-state index in [2.05, 4.69) is 19.2 Å². The van der Waals surface area contributed by atoms with Crippen molar-refractivity contribution < 1.29 is 9.59 Å². The van der Waals surface area contributed by atoms with Gasteiger partial charge in [-0.05, 0) is 30.6 Å². The molecule has 5 unspecified atom stereocenters. The van der Waals surface area contributed by atoms with Gasteiger partial charge in [0.15, 0.2) is 0 Å². The van der Waals surface area contributed by atoms with Gasteiger partial charge in [-0.25, -0.2) is 0 Å². The maximum absolute atomic E-state index is 12.6. The third-order valence-corrected chi connectivity index (χ3v) is 4.83. The Hall–Kier alpha value is -1.06. The summed E-state index contributed by atoms with van der Waals surface area (Å²) in [7, 11) is 0. The molecule has 1 aliphatic heterocycles. The van der Waals surface area contributed by atoms with Crippen LogP contribution in [0.5, 0.6) is 0 Å². The molecule has 108 valence electrons. The SMILES string of the molecule is CCC(C)C1NC(=O)C(CC)N(CC2CC2C)C1=O. The Morgan fingerprint density at radius 1 is 1.37 bits per heavy atom. The van der Waals surface area contributed by atoms with Crippen molar-refractivity contribution in [1.82, 2.24) is 10.2 Å². The third-order valence-electron chi connectivity index (χ3n) is 4.83. The average molecular weight is 266 g/mol. The van der Waals surface area contributed by atoms with Crippen LogP contribution < -0.4 is 5.32 Å². The lowest BCUT2D eigenvalue weighted by Gasteiger charge is -2.40. The second-order valence-corrected chi connectivity index (χ2v) is 6.26. The van der Waals surface area contributed by atoms with Crippen molar-refractivity contribution in [1.29, 1.82) is 0 Å². The summed E-state index contributed by atoms with van der Waals surface area (Å²) in [4.78, 5) is 26.7. The van der Waals surface area contributed by atoms with Crippen LogP contribution in [0.3, 0.4) is 0 Å². The van der Waals surface area contributed by atoms with E-state index in [9.17, 15) is 9.59 Å². The molecule has 0 radical (unpaired) electrons. The third kappa shape index (κ3) is 2.77. The van der Waals surface area contributed by atoms with Crippen LogP contribution in [0.4, 0.5) is 0 Å². The van der Waals surface area contributed by atoms with Crippen molar-refractivity contribution in [3.05, 3.63) is 0 Å². The van der Waals surface area contributed by atoms with Crippen LogP contribution >= 0.6 is 0 Å². The van der Waals surface area contributed by atoms with Crippen molar-refractivity contribution in [2.45, 2.75) is 59.0 Å². The Bertz CT molecular complexity index is 369. The van der Waals surface area contributed by atoms with Gasteiger partial charge >= 0.3 is 0 Å². The molecule has 0 bridgehead atoms. The van der Waals surface area contributed by atoms with Gasteiger partial charge in [-0.2, -0.15) is 0 Å². The van der Waals surface area contributed by atoms with Gasteiger partial charge in [-0.15, -0.1) is 0 Å². The Balaban J connectivity index is 2.13. The fourth-order valence-corrected chi connectivity index (χ4v) is 2.94. The highest BCUT2D eigenvalue weighted by Crippen LogP contribution is 2.39. The van der Waals surface area contributed by atoms with E-state index in [1.54, 1.807) is 0 Å². The first kappa shape index (κ1) is 14.4. The van der Waals surface area contributed by atoms with Crippen LogP contribution in [0.15, 0.2) is 0 Å². The van der Waals surface area contributed by atoms with E-state index in [-0.39, 0.29) is 29.8 Å². The summed E-state index contributed by atoms with van der Waals surface area (Å²) in [6.07, 6.45) is 2.79. The molecule has 0 spiro atoms. The zero-order chi connectivity index (χ0) is 14.2. The summed E-state index contributed by atoms with van der Waals surface area (Å²) in [6, 6.07) is -0.588. The second-order valence-electron chi connectivity index (χ2n) is 6.26. The zero-order valence-electron chi connectivity index (χ0n) is 12.5. The first-order valence-electron chi connectivity index (χ1n) is 7.60. The molecule has 2 rings (SSSR count). The van der Waals surface area contributed by atoms with Crippen LogP contribution in [0, 0.1) is 17.8 Å². The maximum atomic E-state index is 12.6. The molecule has 4 heteroatoms. The quantitative estimate of drug-likeness (QED) is 0.825. The minimum atomic E-state index is -0.325. The van der Waals surface area contributed by atoms with Gasteiger partial charge in [-0.1, -0.05) is 34.1 Å². The molecule has 2 aliphatic rings. The van der Waals surface area contributed by atoms with Gasteiger partial charge in [0.25, 0.3) is 0 Å². The summed E-state index contributed by atoms with van der Waals surface area (Å²) in [5.74, 6) is 1.66. The Morgan fingerprint density at radius 2 is 2.00 bits per heavy atom. The molecule has 1 heterocycles. The Labute approximate surface area is 115 Å². The minimum absolute atomic E-state index is 0.0284. The van der Waals surface area contributed by atoms with E-state index >= 15 is 0 Å². The molecule has 0 aromatic carbocycles. The van der Waals surface area contributed by atoms with E-state index in [0.717, 1.165) is 13.0 Å². The number of nitrogens with zero attached hydrogens (tertiary/aromatic N) is 1. The monoisotopic (exact) mass is 266 g/mol. The van der Waals surface area contributed by atoms with Gasteiger partial charge in [0.05, 0.1) is 0 Å². The van der Waals surface area contributed by atoms with Crippen LogP contribution in [0.1, 0.15) is 47.0 Å². The number of amides is 2. The Morgan fingerprint density at radius 3 is 2.47 bits per heavy atom. The molecular formula is C15H26N2O2. The number of hydrogen-bond acceptors (Lipinski definition) is 2. The number of hydrogen-bond donors (Lipinski definition) is 1. The molecule has 1 saturated heterocycles. The lowest BCUT2D eigenvalue weighted by Crippen LogP contribution is -2.65. The van der Waals surface area contributed by atoms with Gasteiger partial charge in [0, 0.05) is 6.54 Å². The maximum Gasteiger partial charge on any atom is 0.246 e. The molecule has 0 aromatic heterocycles. The fourth-order valence-electron chi connectivity index (χ4n) is 2.94. The summed E-state index contributed by atoms with van der Waals surface area (Å²) < 4.78 is 0. The minimum Gasteiger partial charge on any atom is -0.342 e. The van der Waals surface area contributed by atoms with E-state index in [0.29, 0.717) is 18.3 Å². The normalized spacial score (nSPS) is 36.1. The van der Waals surface area contributed by atoms with Gasteiger partial charge < -0.3 is 10.2 Å². The first-order valence-corrected chi connectivity index (χ1v) is 7.60. The smallest absolute Gasteiger partial charge is 0.246 e. The Kier molecular flexibility index (Phi) is 4.16. The van der Waals surface area contributed by atoms with Gasteiger partial charge in [0.2, 0.25) is 11.8 Å². The number of nitrogens with one attached hydrogen (secondary N) is 1. The summed E-state index contributed by atoms with van der Waals surface area (Å²) in [5, 5.41) is 2.92. The second kappa shape index (κ2) is 5.51. The molecule has 1 aliphatic carbocycles. The number of carbonyl (C=O) groups is 2. The summed E-state index contributed by atoms with van der Waals surface area (Å²) >= 11 is 0. The predicted molar refractivity (Wildman–Crippen MR) is 74.4 cm³/mol. The van der Waals surface area contributed by atoms with Gasteiger partial charge in [-0.3, -0.25) is 9.59 Å². The number of piperazine rings is 1. The molecule has 2 fully saturated rings. The highest BCUT2D eigenvalue weighted by Gasteiger charge is 2.44. The molecule has 0 aromatic rings. The highest BCUT2D eigenvalue weighted by molar-refractivity contribution is 5.97. The lowest BCUT2D eigenvalue weighted by atomic mass is 9.93. The van der Waals surface area contributed by atoms with Crippen LogP contribution in [-0.2, 0) is 9.59 Å². The number of rotatable bonds is 5. The average Bonchev–Trinajstić information content (AvgIpc) is 3.08. The molecule has 1 saturated carbocycles. The lowest BCUT2D eigenvalue weighted by molar-refractivity contribution is -0.151. The highest BCUT2D eigenvalue weighted by atomic mass is 16.2. The summed E-state index contributed by atoms with van der Waals surface area (Å²) in [5.41, 5.74) is 0. The topological polar surface area (TPSA) is 49.4 Å². The van der Waals surface area contributed by atoms with Crippen LogP contribution in [0.2, 0.25) is 0 Å². The summed E-state index contributed by atoms with van der Waals surface area (Å²) in [6.45, 7) is 9.05. The van der Waals surface area contributed by atoms with Crippen molar-refractivity contribution in [2.24, 2.45) is 17.8 Å². The standard InChI is InChI=1S/C15H26N2O2/c1-5-9(3)13-15(19)17(8-11-7-10(11)4)12(6-2)14(18)16-13/h9-13H,5-8H2,1-4H3,(H,16,18). The van der Waals surface area contributed by atoms with Crippen molar-refractivity contribution in [3.8, 4) is 0 Å². The molecular weight excluding hydrogens is 240 g/mol. The van der Waals surface area contributed by atoms with Crippen molar-refractivity contribution >= 4 is 11.8 Å². The predicted octanol–water partition coefficient (Wildman–Crippen LogP) is 1.79. The first-order chi connectivity index (χ1) is 8.99. The molecule has 5 atom stereocenters. The fraction of sp³-hybridized carbons (Fsp3) is 0.867. The van der Waals surface area contributed by atoms with E-state index < -0.39 is 0 Å². The molecule has 2 amide bonds. The number of carbonyl (C=O) groups excluding carboxylic acids is 2. The molecule has 19 heavy (non-hydrogen) atoms.